The van der Waals surface area contributed by atoms with Gasteiger partial charge in [0.05, 0.1) is 52.0 Å². The first kappa shape index (κ1) is 40.4. The molecule has 0 amide bonds. The zero-order chi connectivity index (χ0) is 33.8. The highest BCUT2D eigenvalue weighted by Gasteiger charge is 2.22. The van der Waals surface area contributed by atoms with Gasteiger partial charge in [-0.15, -0.1) is 0 Å². The summed E-state index contributed by atoms with van der Waals surface area (Å²) < 4.78 is 17.1. The molecule has 0 bridgehead atoms. The van der Waals surface area contributed by atoms with Crippen LogP contribution in [0.4, 0.5) is 0 Å². The van der Waals surface area contributed by atoms with Crippen molar-refractivity contribution in [3.63, 3.8) is 0 Å². The maximum Gasteiger partial charge on any atom is 0.561 e. The minimum absolute atomic E-state index is 0.105. The van der Waals surface area contributed by atoms with E-state index in [4.69, 9.17) is 14.2 Å². The molecule has 1 rings (SSSR count). The maximum atomic E-state index is 13.0. The standard InChI is InChI=1S/C21H27N3O15S6/c25-13(26)1-10-40-43-19(34)37-7-4-22-16(31)23(5-8-38-20(35)44-41-11-2-14(27)28)18(33)24(17(22)32)6-9-39-21(36)45-42-12-3-15(29)30/h1-12H2,(H,25,26)(H,27,28)(H,29,30). The number of carbonyl (C=O) groups is 3. The van der Waals surface area contributed by atoms with Crippen LogP contribution >= 0.6 is 64.8 Å². The van der Waals surface area contributed by atoms with Gasteiger partial charge >= 0.3 is 33.0 Å². The van der Waals surface area contributed by atoms with Gasteiger partial charge in [-0.25, -0.2) is 28.1 Å². The third-order valence-corrected chi connectivity index (χ3v) is 10.7. The van der Waals surface area contributed by atoms with Gasteiger partial charge in [0.25, 0.3) is 0 Å². The van der Waals surface area contributed by atoms with E-state index in [1.807, 2.05) is 0 Å². The molecule has 0 aromatic carbocycles. The van der Waals surface area contributed by atoms with Gasteiger partial charge in [0, 0.05) is 35.2 Å². The van der Waals surface area contributed by atoms with Crippen LogP contribution in [0.5, 0.6) is 0 Å². The maximum absolute atomic E-state index is 13.0. The highest BCUT2D eigenvalue weighted by molar-refractivity contribution is 8.82. The number of aromatic nitrogens is 3. The summed E-state index contributed by atoms with van der Waals surface area (Å²) >= 11 is 0. The van der Waals surface area contributed by atoms with E-state index < -0.39 is 90.3 Å². The van der Waals surface area contributed by atoms with Crippen molar-refractivity contribution in [2.24, 2.45) is 0 Å². The zero-order valence-corrected chi connectivity index (χ0v) is 27.9. The van der Waals surface area contributed by atoms with Crippen LogP contribution in [0.15, 0.2) is 14.4 Å². The monoisotopic (exact) mass is 753 g/mol. The number of ether oxygens (including phenoxy) is 3. The minimum Gasteiger partial charge on any atom is -0.550 e. The summed E-state index contributed by atoms with van der Waals surface area (Å²) in [6.45, 7) is -2.58. The fourth-order valence-corrected chi connectivity index (χ4v) is 7.19. The number of carbonyl (C=O) groups excluding carboxylic acids is 6. The number of rotatable bonds is 21. The van der Waals surface area contributed by atoms with E-state index in [-0.39, 0.29) is 36.5 Å². The van der Waals surface area contributed by atoms with Gasteiger partial charge in [-0.05, 0) is 19.3 Å². The Bertz CT molecular complexity index is 1190. The lowest BCUT2D eigenvalue weighted by Gasteiger charge is -2.11. The van der Waals surface area contributed by atoms with Gasteiger partial charge in [-0.1, -0.05) is 32.4 Å². The van der Waals surface area contributed by atoms with Crippen molar-refractivity contribution in [3.05, 3.63) is 31.5 Å². The normalized spacial score (nSPS) is 10.7. The Morgan fingerprint density at radius 3 is 1.00 bits per heavy atom. The molecule has 252 valence electrons. The third kappa shape index (κ3) is 17.6. The van der Waals surface area contributed by atoms with Crippen LogP contribution in [-0.2, 0) is 48.2 Å². The molecule has 0 saturated heterocycles. The van der Waals surface area contributed by atoms with Crippen molar-refractivity contribution in [2.75, 3.05) is 37.1 Å². The van der Waals surface area contributed by atoms with Crippen LogP contribution in [0.25, 0.3) is 0 Å². The van der Waals surface area contributed by atoms with Crippen molar-refractivity contribution >= 4 is 98.6 Å². The quantitative estimate of drug-likeness (QED) is 0.0382. The Hall–Kier alpha value is -2.67. The number of nitrogens with zero attached hydrogens (tertiary/aromatic N) is 3. The Labute approximate surface area is 276 Å². The fraction of sp³-hybridized carbons (Fsp3) is 0.571. The number of hydrogen-bond donors (Lipinski definition) is 0. The molecule has 0 unspecified atom stereocenters. The van der Waals surface area contributed by atoms with Crippen LogP contribution in [0.1, 0.15) is 19.3 Å². The second kappa shape index (κ2) is 22.8. The first-order valence-electron chi connectivity index (χ1n) is 12.3. The van der Waals surface area contributed by atoms with Gasteiger partial charge in [0.15, 0.2) is 0 Å². The molecule has 1 heterocycles. The van der Waals surface area contributed by atoms with Crippen molar-refractivity contribution in [1.82, 2.24) is 13.7 Å². The predicted octanol–water partition coefficient (Wildman–Crippen LogP) is -3.83. The molecule has 45 heavy (non-hydrogen) atoms. The Kier molecular flexibility index (Phi) is 20.4. The van der Waals surface area contributed by atoms with Gasteiger partial charge in [-0.3, -0.25) is 0 Å². The van der Waals surface area contributed by atoms with Crippen molar-refractivity contribution in [1.29, 1.82) is 0 Å². The van der Waals surface area contributed by atoms with E-state index >= 15 is 0 Å². The van der Waals surface area contributed by atoms with Crippen molar-refractivity contribution in [3.8, 4) is 0 Å². The molecule has 0 spiro atoms. The summed E-state index contributed by atoms with van der Waals surface area (Å²) in [5.74, 6) is -3.51. The highest BCUT2D eigenvalue weighted by Crippen LogP contribution is 2.24. The fourth-order valence-electron chi connectivity index (χ4n) is 2.65. The number of carboxylic acid groups (broad SMARTS) is 3. The average molecular weight is 754 g/mol. The molecule has 0 saturated carbocycles. The molecule has 1 aromatic rings. The number of aliphatic carboxylic acids is 3. The predicted molar refractivity (Wildman–Crippen MR) is 167 cm³/mol. The van der Waals surface area contributed by atoms with Gasteiger partial charge in [0.1, 0.15) is 0 Å². The first-order chi connectivity index (χ1) is 21.3. The third-order valence-electron chi connectivity index (χ3n) is 4.57. The summed E-state index contributed by atoms with van der Waals surface area (Å²) in [4.78, 5) is 99.9. The van der Waals surface area contributed by atoms with Crippen LogP contribution in [0.3, 0.4) is 0 Å². The molecule has 18 nitrogen and oxygen atoms in total. The van der Waals surface area contributed by atoms with E-state index in [0.717, 1.165) is 32.4 Å². The van der Waals surface area contributed by atoms with E-state index in [1.54, 1.807) is 0 Å². The molecule has 0 aliphatic carbocycles. The second-order valence-corrected chi connectivity index (χ2v) is 14.8. The average Bonchev–Trinajstić information content (AvgIpc) is 2.96. The lowest BCUT2D eigenvalue weighted by atomic mass is 10.5. The van der Waals surface area contributed by atoms with Crippen molar-refractivity contribution in [2.45, 2.75) is 38.9 Å². The summed E-state index contributed by atoms with van der Waals surface area (Å²) in [7, 11) is 4.98. The largest absolute Gasteiger partial charge is 0.561 e. The van der Waals surface area contributed by atoms with E-state index in [9.17, 15) is 58.5 Å². The van der Waals surface area contributed by atoms with E-state index in [0.29, 0.717) is 46.1 Å². The topological polar surface area (TPSA) is 278 Å². The number of hydrogen-bond acceptors (Lipinski definition) is 18. The first-order valence-corrected chi connectivity index (χ1v) is 19.3. The van der Waals surface area contributed by atoms with Crippen LogP contribution < -0.4 is 32.4 Å². The number of carboxylic acids is 3. The zero-order valence-electron chi connectivity index (χ0n) is 23.0. The molecule has 24 heteroatoms. The molecule has 0 fully saturated rings. The SMILES string of the molecule is O=C([O-])CCSSC(=[OH+])OCCn1c(=O)n(CCOC(=[OH+])SSCCC(=O)[O-])c(=O)n(CCOC(=[OH+])SSCCC(=O)[O-])c1=O. The summed E-state index contributed by atoms with van der Waals surface area (Å²) in [5.41, 5.74) is -3.22. The molecule has 1 aromatic heterocycles. The lowest BCUT2D eigenvalue weighted by Crippen LogP contribution is -2.55. The van der Waals surface area contributed by atoms with Crippen LogP contribution in [0.2, 0.25) is 0 Å². The Morgan fingerprint density at radius 2 is 0.778 bits per heavy atom. The van der Waals surface area contributed by atoms with E-state index in [1.165, 1.54) is 0 Å². The smallest absolute Gasteiger partial charge is 0.550 e. The molecule has 3 N–H and O–H groups in total. The Balaban J connectivity index is 2.95. The lowest BCUT2D eigenvalue weighted by molar-refractivity contribution is -0.306. The summed E-state index contributed by atoms with van der Waals surface area (Å²) in [5, 5.41) is 29.6. The minimum atomic E-state index is -1.27. The van der Waals surface area contributed by atoms with Gasteiger partial charge in [0.2, 0.25) is 19.8 Å². The highest BCUT2D eigenvalue weighted by atomic mass is 33.1. The molecule has 0 aliphatic rings. The molecule has 0 atom stereocenters. The second-order valence-electron chi connectivity index (χ2n) is 7.73. The van der Waals surface area contributed by atoms with Gasteiger partial charge < -0.3 is 58.3 Å². The molecule has 0 radical (unpaired) electrons. The van der Waals surface area contributed by atoms with Crippen LogP contribution in [0, 0.1) is 0 Å². The molecular weight excluding hydrogens is 727 g/mol. The van der Waals surface area contributed by atoms with Crippen LogP contribution in [-0.4, -0.2) is 99.0 Å². The Morgan fingerprint density at radius 1 is 0.533 bits per heavy atom. The van der Waals surface area contributed by atoms with Gasteiger partial charge in [-0.2, -0.15) is 0 Å². The summed E-state index contributed by atoms with van der Waals surface area (Å²) in [6.07, 6.45) is -0.792. The van der Waals surface area contributed by atoms with E-state index in [2.05, 4.69) is 0 Å². The molecular formula is C21H27N3O15S6. The molecule has 0 aliphatic heterocycles. The summed E-state index contributed by atoms with van der Waals surface area (Å²) in [6, 6.07) is 0. The van der Waals surface area contributed by atoms with Crippen molar-refractivity contribution < 1.29 is 58.3 Å².